The SMILES string of the molecule is CC(=O)Oc1cccc(/C=C2\C(=O)N(c3ccc(Cl)c(C(=O)O)c3)N=C2C)c1. The second-order valence-electron chi connectivity index (χ2n) is 6.00. The van der Waals surface area contributed by atoms with Gasteiger partial charge in [0.1, 0.15) is 5.75 Å². The molecule has 2 aromatic rings. The molecule has 0 radical (unpaired) electrons. The van der Waals surface area contributed by atoms with E-state index in [-0.39, 0.29) is 10.6 Å². The molecule has 0 saturated heterocycles. The summed E-state index contributed by atoms with van der Waals surface area (Å²) in [6, 6.07) is 10.9. The van der Waals surface area contributed by atoms with Crippen molar-refractivity contribution in [3.63, 3.8) is 0 Å². The number of ether oxygens (including phenoxy) is 1. The van der Waals surface area contributed by atoms with E-state index in [0.717, 1.165) is 5.01 Å². The van der Waals surface area contributed by atoms with Crippen molar-refractivity contribution >= 4 is 46.9 Å². The molecule has 1 aliphatic rings. The molecule has 1 aliphatic heterocycles. The number of anilines is 1. The van der Waals surface area contributed by atoms with Crippen molar-refractivity contribution in [2.75, 3.05) is 5.01 Å². The fraction of sp³-hybridized carbons (Fsp3) is 0.100. The molecular formula is C20H15ClN2O5. The summed E-state index contributed by atoms with van der Waals surface area (Å²) in [6.07, 6.45) is 1.63. The van der Waals surface area contributed by atoms with Crippen molar-refractivity contribution in [2.45, 2.75) is 13.8 Å². The van der Waals surface area contributed by atoms with Crippen LogP contribution in [0, 0.1) is 0 Å². The predicted octanol–water partition coefficient (Wildman–Crippen LogP) is 3.77. The molecule has 1 amide bonds. The lowest BCUT2D eigenvalue weighted by Gasteiger charge is -2.13. The molecule has 0 aromatic heterocycles. The van der Waals surface area contributed by atoms with Crippen LogP contribution in [0.3, 0.4) is 0 Å². The zero-order valence-corrected chi connectivity index (χ0v) is 15.7. The molecule has 0 atom stereocenters. The number of carbonyl (C=O) groups excluding carboxylic acids is 2. The Morgan fingerprint density at radius 1 is 1.21 bits per heavy atom. The molecule has 3 rings (SSSR count). The first-order valence-electron chi connectivity index (χ1n) is 8.19. The van der Waals surface area contributed by atoms with Crippen molar-refractivity contribution in [2.24, 2.45) is 5.10 Å². The number of carboxylic acid groups (broad SMARTS) is 1. The molecular weight excluding hydrogens is 384 g/mol. The number of nitrogens with zero attached hydrogens (tertiary/aromatic N) is 2. The lowest BCUT2D eigenvalue weighted by atomic mass is 10.1. The Morgan fingerprint density at radius 2 is 1.96 bits per heavy atom. The van der Waals surface area contributed by atoms with Gasteiger partial charge in [0.05, 0.1) is 27.6 Å². The van der Waals surface area contributed by atoms with Crippen LogP contribution in [0.1, 0.15) is 29.8 Å². The third-order valence-electron chi connectivity index (χ3n) is 3.92. The first kappa shape index (κ1) is 19.3. The van der Waals surface area contributed by atoms with E-state index in [1.807, 2.05) is 0 Å². The maximum atomic E-state index is 12.8. The van der Waals surface area contributed by atoms with Gasteiger partial charge in [-0.05, 0) is 48.9 Å². The molecule has 7 nitrogen and oxygen atoms in total. The van der Waals surface area contributed by atoms with Crippen LogP contribution in [0.4, 0.5) is 5.69 Å². The maximum Gasteiger partial charge on any atom is 0.337 e. The van der Waals surface area contributed by atoms with Crippen LogP contribution in [0.2, 0.25) is 5.02 Å². The standard InChI is InChI=1S/C20H15ClN2O5/c1-11-16(9-13-4-3-5-15(8-13)28-12(2)24)19(25)23(22-11)14-6-7-18(21)17(10-14)20(26)27/h3-10H,1-2H3,(H,26,27)/b16-9-. The Balaban J connectivity index is 1.93. The lowest BCUT2D eigenvalue weighted by molar-refractivity contribution is -0.131. The minimum absolute atomic E-state index is 0.0710. The Hall–Kier alpha value is -3.45. The largest absolute Gasteiger partial charge is 0.478 e. The van der Waals surface area contributed by atoms with E-state index in [1.54, 1.807) is 37.3 Å². The average Bonchev–Trinajstić information content (AvgIpc) is 2.90. The van der Waals surface area contributed by atoms with E-state index in [0.29, 0.717) is 28.3 Å². The number of halogens is 1. The number of benzene rings is 2. The van der Waals surface area contributed by atoms with Gasteiger partial charge in [0.25, 0.3) is 5.91 Å². The van der Waals surface area contributed by atoms with Crippen LogP contribution >= 0.6 is 11.6 Å². The zero-order chi connectivity index (χ0) is 20.4. The normalized spacial score (nSPS) is 15.0. The molecule has 142 valence electrons. The lowest BCUT2D eigenvalue weighted by Crippen LogP contribution is -2.21. The molecule has 28 heavy (non-hydrogen) atoms. The van der Waals surface area contributed by atoms with Gasteiger partial charge in [-0.2, -0.15) is 10.1 Å². The maximum absolute atomic E-state index is 12.8. The van der Waals surface area contributed by atoms with Crippen LogP contribution in [-0.4, -0.2) is 28.7 Å². The average molecular weight is 399 g/mol. The van der Waals surface area contributed by atoms with Gasteiger partial charge >= 0.3 is 11.9 Å². The second-order valence-corrected chi connectivity index (χ2v) is 6.40. The fourth-order valence-electron chi connectivity index (χ4n) is 2.67. The topological polar surface area (TPSA) is 96.3 Å². The van der Waals surface area contributed by atoms with Gasteiger partial charge in [0.2, 0.25) is 0 Å². The van der Waals surface area contributed by atoms with Crippen LogP contribution in [0.5, 0.6) is 5.75 Å². The van der Waals surface area contributed by atoms with Crippen LogP contribution in [0.25, 0.3) is 6.08 Å². The van der Waals surface area contributed by atoms with Gasteiger partial charge in [0.15, 0.2) is 0 Å². The highest BCUT2D eigenvalue weighted by Gasteiger charge is 2.29. The summed E-state index contributed by atoms with van der Waals surface area (Å²) in [5.41, 5.74) is 1.64. The Labute approximate surface area is 165 Å². The number of carboxylic acids is 1. The van der Waals surface area contributed by atoms with Gasteiger partial charge in [-0.3, -0.25) is 9.59 Å². The minimum atomic E-state index is -1.20. The zero-order valence-electron chi connectivity index (χ0n) is 15.0. The van der Waals surface area contributed by atoms with Crippen molar-refractivity contribution in [3.05, 3.63) is 64.2 Å². The monoisotopic (exact) mass is 398 g/mol. The summed E-state index contributed by atoms with van der Waals surface area (Å²) in [4.78, 5) is 35.2. The van der Waals surface area contributed by atoms with Crippen molar-refractivity contribution in [3.8, 4) is 5.75 Å². The van der Waals surface area contributed by atoms with Gasteiger partial charge in [-0.15, -0.1) is 0 Å². The molecule has 2 aromatic carbocycles. The summed E-state index contributed by atoms with van der Waals surface area (Å²) in [6.45, 7) is 2.98. The molecule has 0 fully saturated rings. The van der Waals surface area contributed by atoms with E-state index in [1.165, 1.54) is 25.1 Å². The molecule has 1 heterocycles. The quantitative estimate of drug-likeness (QED) is 0.480. The van der Waals surface area contributed by atoms with E-state index in [9.17, 15) is 19.5 Å². The highest BCUT2D eigenvalue weighted by Crippen LogP contribution is 2.29. The fourth-order valence-corrected chi connectivity index (χ4v) is 2.87. The predicted molar refractivity (Wildman–Crippen MR) is 105 cm³/mol. The minimum Gasteiger partial charge on any atom is -0.478 e. The second kappa shape index (κ2) is 7.66. The molecule has 8 heteroatoms. The summed E-state index contributed by atoms with van der Waals surface area (Å²) in [5.74, 6) is -1.68. The van der Waals surface area contributed by atoms with Crippen LogP contribution in [0.15, 0.2) is 53.1 Å². The van der Waals surface area contributed by atoms with Crippen molar-refractivity contribution < 1.29 is 24.2 Å². The van der Waals surface area contributed by atoms with E-state index in [4.69, 9.17) is 16.3 Å². The van der Waals surface area contributed by atoms with Crippen molar-refractivity contribution in [1.29, 1.82) is 0 Å². The van der Waals surface area contributed by atoms with Gasteiger partial charge < -0.3 is 9.84 Å². The molecule has 0 aliphatic carbocycles. The third kappa shape index (κ3) is 3.94. The molecule has 0 spiro atoms. The number of hydrogen-bond acceptors (Lipinski definition) is 5. The summed E-state index contributed by atoms with van der Waals surface area (Å²) < 4.78 is 5.05. The number of amides is 1. The third-order valence-corrected chi connectivity index (χ3v) is 4.25. The Morgan fingerprint density at radius 3 is 2.64 bits per heavy atom. The highest BCUT2D eigenvalue weighted by molar-refractivity contribution is 6.34. The molecule has 1 N–H and O–H groups in total. The first-order chi connectivity index (χ1) is 13.3. The van der Waals surface area contributed by atoms with Crippen LogP contribution in [-0.2, 0) is 9.59 Å². The molecule has 0 unspecified atom stereocenters. The highest BCUT2D eigenvalue weighted by atomic mass is 35.5. The van der Waals surface area contributed by atoms with Gasteiger partial charge in [-0.25, -0.2) is 4.79 Å². The number of hydrazone groups is 1. The Kier molecular flexibility index (Phi) is 5.28. The summed E-state index contributed by atoms with van der Waals surface area (Å²) in [5, 5.41) is 14.6. The number of esters is 1. The molecule has 0 bridgehead atoms. The molecule has 0 saturated carbocycles. The summed E-state index contributed by atoms with van der Waals surface area (Å²) in [7, 11) is 0. The van der Waals surface area contributed by atoms with E-state index < -0.39 is 17.8 Å². The number of hydrogen-bond donors (Lipinski definition) is 1. The van der Waals surface area contributed by atoms with E-state index in [2.05, 4.69) is 5.10 Å². The smallest absolute Gasteiger partial charge is 0.337 e. The van der Waals surface area contributed by atoms with Crippen molar-refractivity contribution in [1.82, 2.24) is 0 Å². The first-order valence-corrected chi connectivity index (χ1v) is 8.57. The number of carbonyl (C=O) groups is 3. The number of rotatable bonds is 4. The number of aromatic carboxylic acids is 1. The van der Waals surface area contributed by atoms with Gasteiger partial charge in [0, 0.05) is 6.92 Å². The van der Waals surface area contributed by atoms with Gasteiger partial charge in [-0.1, -0.05) is 23.7 Å². The van der Waals surface area contributed by atoms with Crippen LogP contribution < -0.4 is 9.75 Å². The van der Waals surface area contributed by atoms with E-state index >= 15 is 0 Å². The Bertz CT molecular complexity index is 1060. The summed E-state index contributed by atoms with van der Waals surface area (Å²) >= 11 is 5.88.